The fraction of sp³-hybridized carbons (Fsp3) is 0.158. The van der Waals surface area contributed by atoms with Crippen LogP contribution in [0.3, 0.4) is 0 Å². The van der Waals surface area contributed by atoms with Crippen LogP contribution in [0.1, 0.15) is 11.1 Å². The molecule has 0 aliphatic carbocycles. The molecule has 1 amide bonds. The summed E-state index contributed by atoms with van der Waals surface area (Å²) in [7, 11) is 1.52. The van der Waals surface area contributed by atoms with Gasteiger partial charge < -0.3 is 19.5 Å². The van der Waals surface area contributed by atoms with Crippen LogP contribution in [-0.4, -0.2) is 19.8 Å². The molecule has 1 N–H and O–H groups in total. The number of carbonyl (C=O) groups excluding carboxylic acids is 1. The number of nitrogens with zero attached hydrogens (tertiary/aromatic N) is 1. The molecule has 0 saturated heterocycles. The Morgan fingerprint density at radius 3 is 2.84 bits per heavy atom. The maximum atomic E-state index is 12.3. The van der Waals surface area contributed by atoms with E-state index in [0.717, 1.165) is 5.56 Å². The van der Waals surface area contributed by atoms with Gasteiger partial charge in [0.05, 0.1) is 7.11 Å². The molecular weight excluding hydrogens is 320 g/mol. The lowest BCUT2D eigenvalue weighted by atomic mass is 10.1. The molecule has 3 rings (SSSR count). The van der Waals surface area contributed by atoms with Crippen LogP contribution >= 0.6 is 0 Å². The Kier molecular flexibility index (Phi) is 4.86. The number of nitrogens with one attached hydrogen (secondary N) is 1. The smallest absolute Gasteiger partial charge is 0.262 e. The Morgan fingerprint density at radius 1 is 1.32 bits per heavy atom. The third-order valence-corrected chi connectivity index (χ3v) is 3.65. The van der Waals surface area contributed by atoms with Crippen LogP contribution in [0.15, 0.2) is 48.0 Å². The summed E-state index contributed by atoms with van der Waals surface area (Å²) in [5.74, 6) is 1.09. The Bertz CT molecular complexity index is 854. The molecule has 6 nitrogen and oxygen atoms in total. The first-order chi connectivity index (χ1) is 12.2. The average Bonchev–Trinajstić information content (AvgIpc) is 3.13. The summed E-state index contributed by atoms with van der Waals surface area (Å²) in [5, 5.41) is 12.0. The highest BCUT2D eigenvalue weighted by Crippen LogP contribution is 2.42. The highest BCUT2D eigenvalue weighted by atomic mass is 16.7. The van der Waals surface area contributed by atoms with Crippen molar-refractivity contribution in [1.82, 2.24) is 5.32 Å². The van der Waals surface area contributed by atoms with Crippen molar-refractivity contribution in [2.24, 2.45) is 0 Å². The van der Waals surface area contributed by atoms with Crippen molar-refractivity contribution in [2.75, 3.05) is 13.9 Å². The van der Waals surface area contributed by atoms with Crippen molar-refractivity contribution in [3.05, 3.63) is 59.2 Å². The van der Waals surface area contributed by atoms with Gasteiger partial charge in [-0.25, -0.2) is 0 Å². The number of carbonyl (C=O) groups is 1. The molecular formula is C19H16N2O4. The quantitative estimate of drug-likeness (QED) is 0.671. The number of ether oxygens (including phenoxy) is 3. The van der Waals surface area contributed by atoms with E-state index in [2.05, 4.69) is 5.32 Å². The first-order valence-electron chi connectivity index (χ1n) is 7.63. The average molecular weight is 336 g/mol. The molecule has 126 valence electrons. The van der Waals surface area contributed by atoms with E-state index >= 15 is 0 Å². The van der Waals surface area contributed by atoms with Gasteiger partial charge in [0.15, 0.2) is 11.5 Å². The Hall–Kier alpha value is -3.46. The number of rotatable bonds is 5. The molecule has 0 aromatic heterocycles. The fourth-order valence-corrected chi connectivity index (χ4v) is 2.42. The van der Waals surface area contributed by atoms with Crippen molar-refractivity contribution < 1.29 is 19.0 Å². The maximum Gasteiger partial charge on any atom is 0.262 e. The van der Waals surface area contributed by atoms with Gasteiger partial charge in [0.25, 0.3) is 5.91 Å². The van der Waals surface area contributed by atoms with Crippen molar-refractivity contribution in [3.8, 4) is 23.3 Å². The first kappa shape index (κ1) is 16.4. The molecule has 0 unspecified atom stereocenters. The van der Waals surface area contributed by atoms with E-state index in [-0.39, 0.29) is 12.4 Å². The number of nitriles is 1. The van der Waals surface area contributed by atoms with Gasteiger partial charge in [-0.15, -0.1) is 0 Å². The van der Waals surface area contributed by atoms with E-state index in [9.17, 15) is 10.1 Å². The third-order valence-electron chi connectivity index (χ3n) is 3.65. The zero-order chi connectivity index (χ0) is 17.6. The number of benzene rings is 2. The van der Waals surface area contributed by atoms with Crippen molar-refractivity contribution in [1.29, 1.82) is 5.26 Å². The summed E-state index contributed by atoms with van der Waals surface area (Å²) >= 11 is 0. The number of methoxy groups -OCH3 is 1. The lowest BCUT2D eigenvalue weighted by Gasteiger charge is -2.07. The maximum absolute atomic E-state index is 12.3. The number of hydrogen-bond donors (Lipinski definition) is 1. The Labute approximate surface area is 145 Å². The molecule has 0 bridgehead atoms. The third kappa shape index (κ3) is 3.72. The normalized spacial score (nSPS) is 12.4. The summed E-state index contributed by atoms with van der Waals surface area (Å²) in [6, 6.07) is 14.8. The van der Waals surface area contributed by atoms with E-state index in [0.29, 0.717) is 29.4 Å². The van der Waals surface area contributed by atoms with Gasteiger partial charge in [-0.3, -0.25) is 4.79 Å². The lowest BCUT2D eigenvalue weighted by Crippen LogP contribution is -2.23. The van der Waals surface area contributed by atoms with Crippen LogP contribution in [0.25, 0.3) is 6.08 Å². The minimum Gasteiger partial charge on any atom is -0.493 e. The standard InChI is InChI=1S/C19H16N2O4/c1-23-16-8-14(9-17-18(16)25-12-24-17)7-15(10-20)19(22)21-11-13-5-3-2-4-6-13/h2-9H,11-12H2,1H3,(H,21,22)/b15-7+. The predicted molar refractivity (Wildman–Crippen MR) is 91.0 cm³/mol. The van der Waals surface area contributed by atoms with E-state index in [4.69, 9.17) is 14.2 Å². The van der Waals surface area contributed by atoms with Gasteiger partial charge in [0.2, 0.25) is 12.5 Å². The van der Waals surface area contributed by atoms with E-state index in [1.807, 2.05) is 36.4 Å². The molecule has 1 heterocycles. The predicted octanol–water partition coefficient (Wildman–Crippen LogP) is 2.65. The van der Waals surface area contributed by atoms with E-state index in [1.54, 1.807) is 12.1 Å². The lowest BCUT2D eigenvalue weighted by molar-refractivity contribution is -0.117. The zero-order valence-electron chi connectivity index (χ0n) is 13.6. The van der Waals surface area contributed by atoms with Gasteiger partial charge in [0.1, 0.15) is 11.6 Å². The van der Waals surface area contributed by atoms with Crippen LogP contribution in [-0.2, 0) is 11.3 Å². The minimum absolute atomic E-state index is 0.00292. The Balaban J connectivity index is 1.78. The van der Waals surface area contributed by atoms with E-state index < -0.39 is 5.91 Å². The Morgan fingerprint density at radius 2 is 2.12 bits per heavy atom. The molecule has 2 aromatic rings. The fourth-order valence-electron chi connectivity index (χ4n) is 2.42. The second kappa shape index (κ2) is 7.41. The molecule has 2 aromatic carbocycles. The van der Waals surface area contributed by atoms with Crippen LogP contribution < -0.4 is 19.5 Å². The molecule has 0 atom stereocenters. The number of fused-ring (bicyclic) bond motifs is 1. The highest BCUT2D eigenvalue weighted by Gasteiger charge is 2.20. The number of amides is 1. The summed E-state index contributed by atoms with van der Waals surface area (Å²) in [6.07, 6.45) is 1.49. The minimum atomic E-state index is -0.442. The van der Waals surface area contributed by atoms with Gasteiger partial charge in [-0.05, 0) is 29.3 Å². The van der Waals surface area contributed by atoms with Crippen molar-refractivity contribution >= 4 is 12.0 Å². The van der Waals surface area contributed by atoms with Gasteiger partial charge in [-0.2, -0.15) is 5.26 Å². The number of hydrogen-bond acceptors (Lipinski definition) is 5. The van der Waals surface area contributed by atoms with Gasteiger partial charge in [0, 0.05) is 6.54 Å². The molecule has 1 aliphatic rings. The monoisotopic (exact) mass is 336 g/mol. The molecule has 0 fully saturated rings. The summed E-state index contributed by atoms with van der Waals surface area (Å²) in [6.45, 7) is 0.463. The molecule has 0 radical (unpaired) electrons. The molecule has 0 spiro atoms. The molecule has 1 aliphatic heterocycles. The van der Waals surface area contributed by atoms with Gasteiger partial charge >= 0.3 is 0 Å². The van der Waals surface area contributed by atoms with Crippen LogP contribution in [0.4, 0.5) is 0 Å². The largest absolute Gasteiger partial charge is 0.493 e. The second-order valence-electron chi connectivity index (χ2n) is 5.30. The molecule has 6 heteroatoms. The van der Waals surface area contributed by atoms with Crippen LogP contribution in [0, 0.1) is 11.3 Å². The van der Waals surface area contributed by atoms with E-state index in [1.165, 1.54) is 13.2 Å². The molecule has 25 heavy (non-hydrogen) atoms. The van der Waals surface area contributed by atoms with Crippen molar-refractivity contribution in [2.45, 2.75) is 6.54 Å². The summed E-state index contributed by atoms with van der Waals surface area (Å²) in [4.78, 5) is 12.3. The zero-order valence-corrected chi connectivity index (χ0v) is 13.6. The highest BCUT2D eigenvalue weighted by molar-refractivity contribution is 6.01. The summed E-state index contributed by atoms with van der Waals surface area (Å²) < 4.78 is 15.9. The second-order valence-corrected chi connectivity index (χ2v) is 5.30. The van der Waals surface area contributed by atoms with Crippen LogP contribution in [0.5, 0.6) is 17.2 Å². The molecule has 0 saturated carbocycles. The first-order valence-corrected chi connectivity index (χ1v) is 7.63. The summed E-state index contributed by atoms with van der Waals surface area (Å²) in [5.41, 5.74) is 1.57. The SMILES string of the molecule is COc1cc(/C=C(\C#N)C(=O)NCc2ccccc2)cc2c1OCO2. The topological polar surface area (TPSA) is 80.6 Å². The van der Waals surface area contributed by atoms with Gasteiger partial charge in [-0.1, -0.05) is 30.3 Å². The van der Waals surface area contributed by atoms with Crippen LogP contribution in [0.2, 0.25) is 0 Å². The van der Waals surface area contributed by atoms with Crippen molar-refractivity contribution in [3.63, 3.8) is 0 Å².